The summed E-state index contributed by atoms with van der Waals surface area (Å²) in [5.74, 6) is -1.24. The van der Waals surface area contributed by atoms with Crippen LogP contribution in [-0.4, -0.2) is 58.4 Å². The molecule has 1 atom stereocenters. The van der Waals surface area contributed by atoms with E-state index in [1.54, 1.807) is 47.2 Å². The molecule has 11 heteroatoms. The summed E-state index contributed by atoms with van der Waals surface area (Å²) in [5, 5.41) is 39.3. The minimum Gasteiger partial charge on any atom is -0.507 e. The van der Waals surface area contributed by atoms with Gasteiger partial charge in [-0.15, -0.1) is 0 Å². The van der Waals surface area contributed by atoms with Crippen LogP contribution in [0.15, 0.2) is 77.9 Å². The van der Waals surface area contributed by atoms with E-state index >= 15 is 0 Å². The average molecular weight is 549 g/mol. The number of nitrogens with zero attached hydrogens (tertiary/aromatic N) is 6. The number of nitriles is 1. The summed E-state index contributed by atoms with van der Waals surface area (Å²) in [6.45, 7) is 1.71. The number of benzene rings is 2. The molecule has 0 saturated carbocycles. The SMILES string of the molecule is N#Cc1cc(-c2ccc(-n3c(=O)n([C@H]4CCN(Cc5cc(C(=O)O)ccn5)C4)c4ncccc43)cc2O)ccc1O. The molecule has 41 heavy (non-hydrogen) atoms. The third-order valence-corrected chi connectivity index (χ3v) is 7.36. The van der Waals surface area contributed by atoms with Crippen molar-refractivity contribution >= 4 is 17.1 Å². The van der Waals surface area contributed by atoms with Crippen LogP contribution in [0, 0.1) is 11.3 Å². The molecule has 3 aromatic heterocycles. The Kier molecular flexibility index (Phi) is 6.45. The van der Waals surface area contributed by atoms with Crippen LogP contribution < -0.4 is 5.69 Å². The fourth-order valence-electron chi connectivity index (χ4n) is 5.42. The summed E-state index contributed by atoms with van der Waals surface area (Å²) in [6, 6.07) is 17.7. The monoisotopic (exact) mass is 548 g/mol. The van der Waals surface area contributed by atoms with E-state index in [4.69, 9.17) is 0 Å². The highest BCUT2D eigenvalue weighted by atomic mass is 16.4. The third kappa shape index (κ3) is 4.66. The molecular weight excluding hydrogens is 524 g/mol. The van der Waals surface area contributed by atoms with Gasteiger partial charge in [0.05, 0.1) is 34.1 Å². The highest BCUT2D eigenvalue weighted by molar-refractivity contribution is 5.87. The largest absolute Gasteiger partial charge is 0.507 e. The van der Waals surface area contributed by atoms with Gasteiger partial charge in [0.25, 0.3) is 0 Å². The number of hydrogen-bond donors (Lipinski definition) is 3. The van der Waals surface area contributed by atoms with Crippen LogP contribution in [0.25, 0.3) is 28.0 Å². The molecule has 1 aliphatic rings. The van der Waals surface area contributed by atoms with Gasteiger partial charge in [0, 0.05) is 43.7 Å². The average Bonchev–Trinajstić information content (AvgIpc) is 3.54. The van der Waals surface area contributed by atoms with Crippen LogP contribution in [0.1, 0.15) is 34.1 Å². The second kappa shape index (κ2) is 10.3. The number of rotatable bonds is 6. The van der Waals surface area contributed by atoms with Crippen LogP contribution in [0.4, 0.5) is 0 Å². The predicted molar refractivity (Wildman–Crippen MR) is 149 cm³/mol. The minimum absolute atomic E-state index is 0.0862. The molecule has 2 aromatic carbocycles. The Hall–Kier alpha value is -5.47. The molecule has 1 aliphatic heterocycles. The first kappa shape index (κ1) is 25.8. The summed E-state index contributed by atoms with van der Waals surface area (Å²) in [4.78, 5) is 36.2. The van der Waals surface area contributed by atoms with Crippen molar-refractivity contribution in [2.75, 3.05) is 13.1 Å². The van der Waals surface area contributed by atoms with E-state index in [0.717, 1.165) is 0 Å². The number of aromatic carboxylic acids is 1. The molecule has 6 rings (SSSR count). The van der Waals surface area contributed by atoms with Crippen molar-refractivity contribution in [3.05, 3.63) is 100 Å². The third-order valence-electron chi connectivity index (χ3n) is 7.36. The lowest BCUT2D eigenvalue weighted by Crippen LogP contribution is -2.29. The molecule has 0 bridgehead atoms. The minimum atomic E-state index is -1.01. The van der Waals surface area contributed by atoms with Crippen molar-refractivity contribution in [3.63, 3.8) is 0 Å². The smallest absolute Gasteiger partial charge is 0.335 e. The highest BCUT2D eigenvalue weighted by Crippen LogP contribution is 2.34. The Morgan fingerprint density at radius 1 is 1.02 bits per heavy atom. The Balaban J connectivity index is 1.33. The Morgan fingerprint density at radius 3 is 2.66 bits per heavy atom. The van der Waals surface area contributed by atoms with Gasteiger partial charge in [-0.2, -0.15) is 5.26 Å². The maximum Gasteiger partial charge on any atom is 0.335 e. The summed E-state index contributed by atoms with van der Waals surface area (Å²) >= 11 is 0. The zero-order valence-corrected chi connectivity index (χ0v) is 21.7. The van der Waals surface area contributed by atoms with Gasteiger partial charge >= 0.3 is 11.7 Å². The number of likely N-dealkylation sites (tertiary alicyclic amines) is 1. The number of carbonyl (C=O) groups is 1. The zero-order chi connectivity index (χ0) is 28.7. The fraction of sp³-hybridized carbons (Fsp3) is 0.167. The zero-order valence-electron chi connectivity index (χ0n) is 21.7. The Bertz CT molecular complexity index is 1920. The summed E-state index contributed by atoms with van der Waals surface area (Å²) < 4.78 is 3.20. The van der Waals surface area contributed by atoms with Crippen molar-refractivity contribution in [1.82, 2.24) is 24.0 Å². The Morgan fingerprint density at radius 2 is 1.88 bits per heavy atom. The lowest BCUT2D eigenvalue weighted by Gasteiger charge is -2.16. The van der Waals surface area contributed by atoms with Crippen LogP contribution in [0.3, 0.4) is 0 Å². The van der Waals surface area contributed by atoms with E-state index in [-0.39, 0.29) is 34.4 Å². The van der Waals surface area contributed by atoms with Gasteiger partial charge in [-0.05, 0) is 60.5 Å². The summed E-state index contributed by atoms with van der Waals surface area (Å²) in [5.41, 5.74) is 3.20. The summed E-state index contributed by atoms with van der Waals surface area (Å²) in [6.07, 6.45) is 3.81. The van der Waals surface area contributed by atoms with Gasteiger partial charge in [-0.1, -0.05) is 6.07 Å². The van der Waals surface area contributed by atoms with Crippen molar-refractivity contribution in [2.24, 2.45) is 0 Å². The number of aromatic nitrogens is 4. The molecule has 0 amide bonds. The quantitative estimate of drug-likeness (QED) is 0.288. The van der Waals surface area contributed by atoms with Gasteiger partial charge in [0.2, 0.25) is 0 Å². The number of hydrogen-bond acceptors (Lipinski definition) is 8. The first-order valence-corrected chi connectivity index (χ1v) is 12.9. The molecule has 1 saturated heterocycles. The molecule has 5 aromatic rings. The maximum atomic E-state index is 13.9. The first-order chi connectivity index (χ1) is 19.8. The van der Waals surface area contributed by atoms with Gasteiger partial charge in [0.15, 0.2) is 5.65 Å². The van der Waals surface area contributed by atoms with Crippen LogP contribution in [0.5, 0.6) is 11.5 Å². The maximum absolute atomic E-state index is 13.9. The molecule has 0 unspecified atom stereocenters. The van der Waals surface area contributed by atoms with Crippen LogP contribution >= 0.6 is 0 Å². The van der Waals surface area contributed by atoms with E-state index in [9.17, 15) is 30.2 Å². The Labute approximate surface area is 233 Å². The van der Waals surface area contributed by atoms with E-state index < -0.39 is 5.97 Å². The predicted octanol–water partition coefficient (Wildman–Crippen LogP) is 3.68. The molecule has 0 aliphatic carbocycles. The first-order valence-electron chi connectivity index (χ1n) is 12.9. The number of imidazole rings is 1. The highest BCUT2D eigenvalue weighted by Gasteiger charge is 2.29. The number of phenols is 2. The second-order valence-electron chi connectivity index (χ2n) is 9.90. The van der Waals surface area contributed by atoms with Gasteiger partial charge < -0.3 is 15.3 Å². The normalized spacial score (nSPS) is 15.2. The van der Waals surface area contributed by atoms with Crippen LogP contribution in [0.2, 0.25) is 0 Å². The second-order valence-corrected chi connectivity index (χ2v) is 9.90. The number of carboxylic acid groups (broad SMARTS) is 1. The van der Waals surface area contributed by atoms with E-state index in [2.05, 4.69) is 14.9 Å². The molecule has 1 fully saturated rings. The van der Waals surface area contributed by atoms with Gasteiger partial charge in [-0.25, -0.2) is 14.6 Å². The van der Waals surface area contributed by atoms with E-state index in [0.29, 0.717) is 59.7 Å². The van der Waals surface area contributed by atoms with Crippen molar-refractivity contribution < 1.29 is 20.1 Å². The molecule has 0 spiro atoms. The summed E-state index contributed by atoms with van der Waals surface area (Å²) in [7, 11) is 0. The molecular formula is C30H24N6O5. The number of aromatic hydroxyl groups is 2. The number of carboxylic acids is 1. The van der Waals surface area contributed by atoms with Crippen molar-refractivity contribution in [2.45, 2.75) is 19.0 Å². The molecule has 0 radical (unpaired) electrons. The molecule has 3 N–H and O–H groups in total. The molecule has 204 valence electrons. The van der Waals surface area contributed by atoms with Crippen LogP contribution in [-0.2, 0) is 6.54 Å². The van der Waals surface area contributed by atoms with Crippen molar-refractivity contribution in [1.29, 1.82) is 5.26 Å². The number of fused-ring (bicyclic) bond motifs is 1. The molecule has 4 heterocycles. The lowest BCUT2D eigenvalue weighted by molar-refractivity contribution is 0.0696. The van der Waals surface area contributed by atoms with Gasteiger partial charge in [0.1, 0.15) is 17.6 Å². The van der Waals surface area contributed by atoms with E-state index in [1.165, 1.54) is 35.0 Å². The van der Waals surface area contributed by atoms with E-state index in [1.807, 2.05) is 6.07 Å². The number of pyridine rings is 2. The fourth-order valence-corrected chi connectivity index (χ4v) is 5.42. The molecule has 11 nitrogen and oxygen atoms in total. The standard InChI is InChI=1S/C30H24N6O5/c31-15-20-12-18(3-6-26(20)37)24-5-4-22(14-27(24)38)35-25-2-1-9-33-28(25)36(30(35)41)23-8-11-34(17-23)16-21-13-19(29(39)40)7-10-32-21/h1-7,9-10,12-14,23,37-38H,8,11,16-17H2,(H,39,40)/t23-/m0/s1. The topological polar surface area (TPSA) is 158 Å². The van der Waals surface area contributed by atoms with Gasteiger partial charge in [-0.3, -0.25) is 19.0 Å². The number of phenolic OH excluding ortho intramolecular Hbond substituents is 2. The lowest BCUT2D eigenvalue weighted by atomic mass is 10.0. The van der Waals surface area contributed by atoms with Crippen molar-refractivity contribution in [3.8, 4) is 34.4 Å².